The van der Waals surface area contributed by atoms with Gasteiger partial charge in [-0.1, -0.05) is 0 Å². The van der Waals surface area contributed by atoms with Gasteiger partial charge in [-0.05, 0) is 31.0 Å². The zero-order chi connectivity index (χ0) is 15.6. The van der Waals surface area contributed by atoms with Gasteiger partial charge in [-0.25, -0.2) is 13.2 Å². The molecule has 0 aromatic heterocycles. The van der Waals surface area contributed by atoms with Gasteiger partial charge in [0.15, 0.2) is 9.84 Å². The molecule has 1 saturated heterocycles. The van der Waals surface area contributed by atoms with Crippen molar-refractivity contribution in [1.82, 2.24) is 0 Å². The fourth-order valence-corrected chi connectivity index (χ4v) is 3.71. The van der Waals surface area contributed by atoms with Crippen LogP contribution < -0.4 is 10.6 Å². The number of nitrogen functional groups attached to an aromatic ring is 1. The standard InChI is InChI=1S/C14H20N2O4S/c1-10-8-11(9-12(13(10)15)14(17)20-2)16-4-3-6-21(18,19)7-5-16/h8-9H,3-7,15H2,1-2H3. The fraction of sp³-hybridized carbons (Fsp3) is 0.500. The van der Waals surface area contributed by atoms with Crippen LogP contribution in [-0.4, -0.2) is 46.1 Å². The number of anilines is 2. The van der Waals surface area contributed by atoms with Gasteiger partial charge in [0, 0.05) is 24.5 Å². The molecule has 0 radical (unpaired) electrons. The molecule has 116 valence electrons. The van der Waals surface area contributed by atoms with Crippen LogP contribution in [0.5, 0.6) is 0 Å². The maximum absolute atomic E-state index is 11.8. The van der Waals surface area contributed by atoms with E-state index in [2.05, 4.69) is 0 Å². The number of nitrogens with two attached hydrogens (primary N) is 1. The summed E-state index contributed by atoms with van der Waals surface area (Å²) < 4.78 is 28.1. The number of carbonyl (C=O) groups excluding carboxylic acids is 1. The van der Waals surface area contributed by atoms with Crippen LogP contribution in [0.15, 0.2) is 12.1 Å². The molecule has 21 heavy (non-hydrogen) atoms. The third-order valence-corrected chi connectivity index (χ3v) is 5.41. The highest BCUT2D eigenvalue weighted by atomic mass is 32.2. The highest BCUT2D eigenvalue weighted by Gasteiger charge is 2.21. The third-order valence-electron chi connectivity index (χ3n) is 3.70. The first-order chi connectivity index (χ1) is 9.84. The first kappa shape index (κ1) is 15.6. The van der Waals surface area contributed by atoms with E-state index in [-0.39, 0.29) is 11.5 Å². The lowest BCUT2D eigenvalue weighted by Gasteiger charge is -2.23. The fourth-order valence-electron chi connectivity index (χ4n) is 2.44. The summed E-state index contributed by atoms with van der Waals surface area (Å²) in [4.78, 5) is 13.8. The maximum atomic E-state index is 11.8. The van der Waals surface area contributed by atoms with Gasteiger partial charge in [0.25, 0.3) is 0 Å². The summed E-state index contributed by atoms with van der Waals surface area (Å²) in [7, 11) is -1.66. The van der Waals surface area contributed by atoms with Crippen molar-refractivity contribution in [3.05, 3.63) is 23.3 Å². The quantitative estimate of drug-likeness (QED) is 0.647. The Morgan fingerprint density at radius 1 is 1.29 bits per heavy atom. The summed E-state index contributed by atoms with van der Waals surface area (Å²) in [5, 5.41) is 0. The van der Waals surface area contributed by atoms with Crippen LogP contribution in [-0.2, 0) is 14.6 Å². The van der Waals surface area contributed by atoms with Crippen molar-refractivity contribution in [2.45, 2.75) is 13.3 Å². The van der Waals surface area contributed by atoms with E-state index in [1.54, 1.807) is 6.07 Å². The Labute approximate surface area is 124 Å². The molecule has 0 saturated carbocycles. The third kappa shape index (κ3) is 3.47. The molecular formula is C14H20N2O4S. The van der Waals surface area contributed by atoms with Crippen LogP contribution in [0.4, 0.5) is 11.4 Å². The number of esters is 1. The molecule has 7 heteroatoms. The van der Waals surface area contributed by atoms with E-state index in [1.165, 1.54) is 7.11 Å². The number of aryl methyl sites for hydroxylation is 1. The summed E-state index contributed by atoms with van der Waals surface area (Å²) in [6.45, 7) is 2.88. The number of hydrogen-bond acceptors (Lipinski definition) is 6. The van der Waals surface area contributed by atoms with Crippen LogP contribution in [0.2, 0.25) is 0 Å². The van der Waals surface area contributed by atoms with Crippen molar-refractivity contribution in [3.63, 3.8) is 0 Å². The van der Waals surface area contributed by atoms with E-state index in [1.807, 2.05) is 17.9 Å². The topological polar surface area (TPSA) is 89.7 Å². The SMILES string of the molecule is COC(=O)c1cc(N2CCCS(=O)(=O)CC2)cc(C)c1N. The number of rotatable bonds is 2. The Morgan fingerprint density at radius 2 is 2.00 bits per heavy atom. The van der Waals surface area contributed by atoms with E-state index in [0.717, 1.165) is 11.3 Å². The summed E-state index contributed by atoms with van der Waals surface area (Å²) in [6, 6.07) is 3.55. The molecular weight excluding hydrogens is 292 g/mol. The van der Waals surface area contributed by atoms with Crippen molar-refractivity contribution in [3.8, 4) is 0 Å². The molecule has 1 heterocycles. The smallest absolute Gasteiger partial charge is 0.340 e. The average Bonchev–Trinajstić information content (AvgIpc) is 2.62. The number of hydrogen-bond donors (Lipinski definition) is 1. The molecule has 2 rings (SSSR count). The number of carbonyl (C=O) groups is 1. The summed E-state index contributed by atoms with van der Waals surface area (Å²) in [6.07, 6.45) is 0.583. The minimum absolute atomic E-state index is 0.129. The van der Waals surface area contributed by atoms with Gasteiger partial charge in [0.05, 0.1) is 24.2 Å². The van der Waals surface area contributed by atoms with Crippen LogP contribution in [0, 0.1) is 6.92 Å². The predicted molar refractivity (Wildman–Crippen MR) is 82.4 cm³/mol. The molecule has 1 aliphatic rings. The van der Waals surface area contributed by atoms with Crippen molar-refractivity contribution in [2.75, 3.05) is 42.3 Å². The Kier molecular flexibility index (Phi) is 4.41. The number of methoxy groups -OCH3 is 1. The van der Waals surface area contributed by atoms with E-state index >= 15 is 0 Å². The Balaban J connectivity index is 2.36. The minimum atomic E-state index is -2.97. The monoisotopic (exact) mass is 312 g/mol. The highest BCUT2D eigenvalue weighted by Crippen LogP contribution is 2.27. The van der Waals surface area contributed by atoms with Crippen molar-refractivity contribution in [1.29, 1.82) is 0 Å². The van der Waals surface area contributed by atoms with E-state index in [9.17, 15) is 13.2 Å². The van der Waals surface area contributed by atoms with E-state index in [0.29, 0.717) is 30.8 Å². The lowest BCUT2D eigenvalue weighted by Crippen LogP contribution is -2.27. The second kappa shape index (κ2) is 5.93. The summed E-state index contributed by atoms with van der Waals surface area (Å²) >= 11 is 0. The number of benzene rings is 1. The van der Waals surface area contributed by atoms with Gasteiger partial charge < -0.3 is 15.4 Å². The molecule has 1 fully saturated rings. The largest absolute Gasteiger partial charge is 0.465 e. The minimum Gasteiger partial charge on any atom is -0.465 e. The summed E-state index contributed by atoms with van der Waals surface area (Å²) in [5.74, 6) is -0.148. The number of nitrogens with zero attached hydrogens (tertiary/aromatic N) is 1. The van der Waals surface area contributed by atoms with Crippen LogP contribution in [0.25, 0.3) is 0 Å². The van der Waals surface area contributed by atoms with Gasteiger partial charge >= 0.3 is 5.97 Å². The molecule has 1 aliphatic heterocycles. The zero-order valence-corrected chi connectivity index (χ0v) is 13.1. The molecule has 1 aromatic carbocycles. The Morgan fingerprint density at radius 3 is 2.67 bits per heavy atom. The molecule has 1 aromatic rings. The van der Waals surface area contributed by atoms with Crippen molar-refractivity contribution < 1.29 is 17.9 Å². The van der Waals surface area contributed by atoms with Gasteiger partial charge in [0.1, 0.15) is 0 Å². The highest BCUT2D eigenvalue weighted by molar-refractivity contribution is 7.91. The second-order valence-corrected chi connectivity index (χ2v) is 7.51. The molecule has 0 amide bonds. The average molecular weight is 312 g/mol. The first-order valence-corrected chi connectivity index (χ1v) is 8.60. The lowest BCUT2D eigenvalue weighted by atomic mass is 10.1. The molecule has 6 nitrogen and oxygen atoms in total. The van der Waals surface area contributed by atoms with Crippen LogP contribution >= 0.6 is 0 Å². The summed E-state index contributed by atoms with van der Waals surface area (Å²) in [5.41, 5.74) is 8.21. The van der Waals surface area contributed by atoms with Crippen LogP contribution in [0.1, 0.15) is 22.3 Å². The molecule has 0 spiro atoms. The maximum Gasteiger partial charge on any atom is 0.340 e. The van der Waals surface area contributed by atoms with Gasteiger partial charge in [-0.2, -0.15) is 0 Å². The van der Waals surface area contributed by atoms with Crippen molar-refractivity contribution in [2.24, 2.45) is 0 Å². The predicted octanol–water partition coefficient (Wildman–Crippen LogP) is 0.989. The van der Waals surface area contributed by atoms with Gasteiger partial charge in [-0.15, -0.1) is 0 Å². The number of sulfone groups is 1. The molecule has 0 atom stereocenters. The number of ether oxygens (including phenoxy) is 1. The molecule has 2 N–H and O–H groups in total. The van der Waals surface area contributed by atoms with E-state index in [4.69, 9.17) is 10.5 Å². The Hall–Kier alpha value is -1.76. The van der Waals surface area contributed by atoms with Gasteiger partial charge in [-0.3, -0.25) is 0 Å². The zero-order valence-electron chi connectivity index (χ0n) is 12.3. The lowest BCUT2D eigenvalue weighted by molar-refractivity contribution is 0.0602. The molecule has 0 unspecified atom stereocenters. The second-order valence-electron chi connectivity index (χ2n) is 5.21. The molecule has 0 bridgehead atoms. The Bertz CT molecular complexity index is 655. The normalized spacial score (nSPS) is 18.1. The van der Waals surface area contributed by atoms with Crippen molar-refractivity contribution >= 4 is 27.2 Å². The molecule has 0 aliphatic carbocycles. The van der Waals surface area contributed by atoms with E-state index < -0.39 is 15.8 Å². The van der Waals surface area contributed by atoms with Crippen LogP contribution in [0.3, 0.4) is 0 Å². The van der Waals surface area contributed by atoms with Gasteiger partial charge in [0.2, 0.25) is 0 Å². The first-order valence-electron chi connectivity index (χ1n) is 6.78.